The summed E-state index contributed by atoms with van der Waals surface area (Å²) < 4.78 is 0. The molecule has 0 amide bonds. The van der Waals surface area contributed by atoms with E-state index in [2.05, 4.69) is 34.8 Å². The van der Waals surface area contributed by atoms with Crippen molar-refractivity contribution in [2.75, 3.05) is 44.7 Å². The van der Waals surface area contributed by atoms with Crippen molar-refractivity contribution in [1.82, 2.24) is 9.88 Å². The Morgan fingerprint density at radius 1 is 1.41 bits per heavy atom. The molecule has 1 aromatic heterocycles. The summed E-state index contributed by atoms with van der Waals surface area (Å²) in [6, 6.07) is 4.24. The highest BCUT2D eigenvalue weighted by atomic mass is 16.3. The number of hydrogen-bond donors (Lipinski definition) is 1. The molecule has 0 bridgehead atoms. The third-order valence-corrected chi connectivity index (χ3v) is 4.63. The number of hydrogen-bond acceptors (Lipinski definition) is 5. The van der Waals surface area contributed by atoms with Crippen molar-refractivity contribution < 1.29 is 5.11 Å². The van der Waals surface area contributed by atoms with Gasteiger partial charge in [0.1, 0.15) is 11.9 Å². The molecule has 5 heteroatoms. The van der Waals surface area contributed by atoms with Crippen molar-refractivity contribution in [2.45, 2.75) is 20.8 Å². The maximum atomic E-state index is 9.69. The lowest BCUT2D eigenvalue weighted by Gasteiger charge is -2.23. The van der Waals surface area contributed by atoms with Gasteiger partial charge in [-0.15, -0.1) is 0 Å². The van der Waals surface area contributed by atoms with Gasteiger partial charge in [0.2, 0.25) is 0 Å². The number of aliphatic hydroxyl groups excluding tert-OH is 1. The summed E-state index contributed by atoms with van der Waals surface area (Å²) in [5.41, 5.74) is 2.56. The Labute approximate surface area is 133 Å². The van der Waals surface area contributed by atoms with Gasteiger partial charge in [0.25, 0.3) is 0 Å². The first kappa shape index (κ1) is 16.7. The number of anilines is 1. The van der Waals surface area contributed by atoms with Crippen LogP contribution in [0.3, 0.4) is 0 Å². The van der Waals surface area contributed by atoms with Gasteiger partial charge in [-0.1, -0.05) is 6.92 Å². The lowest BCUT2D eigenvalue weighted by atomic mass is 9.96. The topological polar surface area (TPSA) is 63.4 Å². The first-order valence-electron chi connectivity index (χ1n) is 7.92. The van der Waals surface area contributed by atoms with Crippen molar-refractivity contribution in [3.05, 3.63) is 22.9 Å². The molecule has 1 N–H and O–H groups in total. The number of nitrogens with zero attached hydrogens (tertiary/aromatic N) is 4. The van der Waals surface area contributed by atoms with E-state index in [9.17, 15) is 10.4 Å². The van der Waals surface area contributed by atoms with Crippen molar-refractivity contribution >= 4 is 5.82 Å². The highest BCUT2D eigenvalue weighted by Gasteiger charge is 2.34. The third-order valence-electron chi connectivity index (χ3n) is 4.63. The highest BCUT2D eigenvalue weighted by Crippen LogP contribution is 2.31. The molecule has 1 fully saturated rings. The van der Waals surface area contributed by atoms with E-state index >= 15 is 0 Å². The van der Waals surface area contributed by atoms with Crippen LogP contribution in [0.2, 0.25) is 0 Å². The zero-order valence-electron chi connectivity index (χ0n) is 14.0. The van der Waals surface area contributed by atoms with Gasteiger partial charge in [-0.2, -0.15) is 5.26 Å². The average molecular weight is 302 g/mol. The molecule has 0 spiro atoms. The Balaban J connectivity index is 2.26. The summed E-state index contributed by atoms with van der Waals surface area (Å²) in [7, 11) is 2.10. The van der Waals surface area contributed by atoms with E-state index in [1.165, 1.54) is 0 Å². The van der Waals surface area contributed by atoms with Crippen molar-refractivity contribution in [3.8, 4) is 6.07 Å². The van der Waals surface area contributed by atoms with Crippen LogP contribution in [0.4, 0.5) is 5.82 Å². The van der Waals surface area contributed by atoms with E-state index in [0.717, 1.165) is 43.3 Å². The van der Waals surface area contributed by atoms with E-state index < -0.39 is 0 Å². The zero-order chi connectivity index (χ0) is 16.3. The summed E-state index contributed by atoms with van der Waals surface area (Å²) >= 11 is 0. The van der Waals surface area contributed by atoms with Gasteiger partial charge >= 0.3 is 0 Å². The quantitative estimate of drug-likeness (QED) is 0.894. The van der Waals surface area contributed by atoms with Crippen LogP contribution in [-0.2, 0) is 0 Å². The van der Waals surface area contributed by atoms with Gasteiger partial charge in [-0.25, -0.2) is 4.98 Å². The summed E-state index contributed by atoms with van der Waals surface area (Å²) in [6.07, 6.45) is 0. The highest BCUT2D eigenvalue weighted by molar-refractivity contribution is 5.58. The molecule has 22 heavy (non-hydrogen) atoms. The number of pyridine rings is 1. The molecule has 1 aliphatic rings. The van der Waals surface area contributed by atoms with E-state index in [4.69, 9.17) is 0 Å². The largest absolute Gasteiger partial charge is 0.396 e. The van der Waals surface area contributed by atoms with Crippen molar-refractivity contribution in [2.24, 2.45) is 11.8 Å². The molecular formula is C17H26N4O. The average Bonchev–Trinajstić information content (AvgIpc) is 2.89. The van der Waals surface area contributed by atoms with E-state index in [1.807, 2.05) is 19.9 Å². The number of aromatic nitrogens is 1. The minimum absolute atomic E-state index is 0.186. The first-order chi connectivity index (χ1) is 10.5. The monoisotopic (exact) mass is 302 g/mol. The van der Waals surface area contributed by atoms with Crippen molar-refractivity contribution in [1.29, 1.82) is 5.26 Å². The standard InChI is InChI=1S/C17H26N4O/c1-5-20(4)8-14-9-21(10-15(14)11-22)17-16(7-18)12(2)6-13(3)19-17/h6,14-15,22H,5,8-11H2,1-4H3/t14-,15-/m1/s1. The molecule has 5 nitrogen and oxygen atoms in total. The fourth-order valence-electron chi connectivity index (χ4n) is 3.24. The maximum absolute atomic E-state index is 9.69. The molecule has 120 valence electrons. The molecule has 0 aromatic carbocycles. The van der Waals surface area contributed by atoms with Crippen molar-refractivity contribution in [3.63, 3.8) is 0 Å². The zero-order valence-corrected chi connectivity index (χ0v) is 14.0. The molecule has 1 aromatic rings. The number of nitriles is 1. The van der Waals surface area contributed by atoms with Crippen LogP contribution < -0.4 is 4.90 Å². The SMILES string of the molecule is CCN(C)C[C@@H]1CN(c2nc(C)cc(C)c2C#N)C[C@@H]1CO. The molecule has 2 heterocycles. The number of rotatable bonds is 5. The van der Waals surface area contributed by atoms with Crippen LogP contribution in [0.5, 0.6) is 0 Å². The van der Waals surface area contributed by atoms with Gasteiger partial charge in [0.15, 0.2) is 0 Å². The summed E-state index contributed by atoms with van der Waals surface area (Å²) in [5.74, 6) is 1.42. The van der Waals surface area contributed by atoms with E-state index in [1.54, 1.807) is 0 Å². The van der Waals surface area contributed by atoms with Crippen LogP contribution in [0.25, 0.3) is 0 Å². The molecule has 0 aliphatic carbocycles. The van der Waals surface area contributed by atoms with Crippen LogP contribution in [-0.4, -0.2) is 54.8 Å². The fraction of sp³-hybridized carbons (Fsp3) is 0.647. The number of aliphatic hydroxyl groups is 1. The molecular weight excluding hydrogens is 276 g/mol. The predicted molar refractivity (Wildman–Crippen MR) is 87.9 cm³/mol. The summed E-state index contributed by atoms with van der Waals surface area (Å²) in [4.78, 5) is 9.05. The van der Waals surface area contributed by atoms with Gasteiger partial charge in [0, 0.05) is 37.9 Å². The smallest absolute Gasteiger partial charge is 0.147 e. The lowest BCUT2D eigenvalue weighted by molar-refractivity contribution is 0.178. The van der Waals surface area contributed by atoms with Gasteiger partial charge in [-0.3, -0.25) is 0 Å². The van der Waals surface area contributed by atoms with Crippen LogP contribution >= 0.6 is 0 Å². The fourth-order valence-corrected chi connectivity index (χ4v) is 3.24. The Morgan fingerprint density at radius 3 is 2.68 bits per heavy atom. The van der Waals surface area contributed by atoms with Gasteiger partial charge < -0.3 is 14.9 Å². The molecule has 0 saturated carbocycles. The molecule has 1 aliphatic heterocycles. The van der Waals surface area contributed by atoms with E-state index in [0.29, 0.717) is 11.5 Å². The summed E-state index contributed by atoms with van der Waals surface area (Å²) in [6.45, 7) is 9.82. The predicted octanol–water partition coefficient (Wildman–Crippen LogP) is 1.57. The molecule has 1 saturated heterocycles. The molecule has 0 unspecified atom stereocenters. The van der Waals surface area contributed by atoms with Crippen LogP contribution in [0.15, 0.2) is 6.07 Å². The lowest BCUT2D eigenvalue weighted by Crippen LogP contribution is -2.31. The minimum Gasteiger partial charge on any atom is -0.396 e. The Morgan fingerprint density at radius 2 is 2.09 bits per heavy atom. The first-order valence-corrected chi connectivity index (χ1v) is 7.92. The van der Waals surface area contributed by atoms with Crippen LogP contribution in [0, 0.1) is 37.0 Å². The van der Waals surface area contributed by atoms with Gasteiger partial charge in [-0.05, 0) is 45.0 Å². The molecule has 2 rings (SSSR count). The Hall–Kier alpha value is -1.64. The second-order valence-electron chi connectivity index (χ2n) is 6.35. The number of aryl methyl sites for hydroxylation is 2. The second kappa shape index (κ2) is 7.08. The molecule has 0 radical (unpaired) electrons. The maximum Gasteiger partial charge on any atom is 0.147 e. The minimum atomic E-state index is 0.186. The second-order valence-corrected chi connectivity index (χ2v) is 6.35. The van der Waals surface area contributed by atoms with Gasteiger partial charge in [0.05, 0.1) is 5.56 Å². The van der Waals surface area contributed by atoms with E-state index in [-0.39, 0.29) is 12.5 Å². The molecule has 2 atom stereocenters. The Bertz CT molecular complexity index is 567. The third kappa shape index (κ3) is 3.40. The Kier molecular flexibility index (Phi) is 5.38. The normalized spacial score (nSPS) is 21.4. The summed E-state index contributed by atoms with van der Waals surface area (Å²) in [5, 5.41) is 19.1. The van der Waals surface area contributed by atoms with Crippen LogP contribution in [0.1, 0.15) is 23.7 Å².